The summed E-state index contributed by atoms with van der Waals surface area (Å²) in [4.78, 5) is 33.8. The Morgan fingerprint density at radius 1 is 1.30 bits per heavy atom. The van der Waals surface area contributed by atoms with Gasteiger partial charge >= 0.3 is 6.09 Å². The number of carbonyl (C=O) groups is 2. The van der Waals surface area contributed by atoms with Gasteiger partial charge < -0.3 is 5.11 Å². The summed E-state index contributed by atoms with van der Waals surface area (Å²) in [6.07, 6.45) is -1.36. The van der Waals surface area contributed by atoms with Crippen LogP contribution in [0.2, 0.25) is 10.0 Å². The van der Waals surface area contributed by atoms with Crippen LogP contribution in [0.1, 0.15) is 36.6 Å². The fourth-order valence-electron chi connectivity index (χ4n) is 2.40. The van der Waals surface area contributed by atoms with Crippen LogP contribution in [0, 0.1) is 11.3 Å². The van der Waals surface area contributed by atoms with Crippen LogP contribution in [0.4, 0.5) is 10.5 Å². The molecule has 1 aromatic heterocycles. The Balaban J connectivity index is 2.26. The highest BCUT2D eigenvalue weighted by atomic mass is 35.5. The summed E-state index contributed by atoms with van der Waals surface area (Å²) in [5.41, 5.74) is 3.44. The molecule has 0 atom stereocenters. The monoisotopic (exact) mass is 450 g/mol. The molecule has 1 heterocycles. The largest absolute Gasteiger partial charge is 0.465 e. The summed E-state index contributed by atoms with van der Waals surface area (Å²) in [5.74, 6) is -1.17. The number of benzene rings is 1. The zero-order valence-electron chi connectivity index (χ0n) is 15.8. The van der Waals surface area contributed by atoms with Crippen molar-refractivity contribution in [3.63, 3.8) is 0 Å². The van der Waals surface area contributed by atoms with Gasteiger partial charge in [-0.15, -0.1) is 0 Å². The predicted molar refractivity (Wildman–Crippen MR) is 111 cm³/mol. The summed E-state index contributed by atoms with van der Waals surface area (Å²) < 4.78 is 0. The number of hydrazone groups is 1. The van der Waals surface area contributed by atoms with E-state index in [-0.39, 0.29) is 33.6 Å². The first kappa shape index (κ1) is 22.9. The molecule has 30 heavy (non-hydrogen) atoms. The van der Waals surface area contributed by atoms with Crippen LogP contribution in [0.5, 0.6) is 0 Å². The summed E-state index contributed by atoms with van der Waals surface area (Å²) in [6, 6.07) is 6.09. The van der Waals surface area contributed by atoms with Gasteiger partial charge in [-0.1, -0.05) is 37.0 Å². The van der Waals surface area contributed by atoms with E-state index in [1.54, 1.807) is 6.07 Å². The first-order valence-corrected chi connectivity index (χ1v) is 9.22. The highest BCUT2D eigenvalue weighted by Gasteiger charge is 2.15. The van der Waals surface area contributed by atoms with Crippen molar-refractivity contribution in [1.29, 1.82) is 5.26 Å². The lowest BCUT2D eigenvalue weighted by Crippen LogP contribution is -2.34. The molecule has 0 spiro atoms. The third-order valence-corrected chi connectivity index (χ3v) is 4.52. The quantitative estimate of drug-likeness (QED) is 0.388. The molecule has 0 aliphatic rings. The van der Waals surface area contributed by atoms with Crippen molar-refractivity contribution < 1.29 is 14.7 Å². The van der Waals surface area contributed by atoms with Gasteiger partial charge in [0, 0.05) is 22.0 Å². The number of H-pyrrole nitrogens is 1. The van der Waals surface area contributed by atoms with Gasteiger partial charge in [0.25, 0.3) is 11.5 Å². The zero-order valence-corrected chi connectivity index (χ0v) is 17.3. The lowest BCUT2D eigenvalue weighted by molar-refractivity contribution is -0.114. The summed E-state index contributed by atoms with van der Waals surface area (Å²) in [5, 5.41) is 29.5. The van der Waals surface area contributed by atoms with E-state index in [1.807, 2.05) is 13.8 Å². The van der Waals surface area contributed by atoms with Gasteiger partial charge in [-0.3, -0.25) is 20.3 Å². The normalized spacial score (nSPS) is 11.1. The SMILES string of the molecule is CC(C)c1cc(Cc2c(Cl)cc(N/N=C(/C#N)C(=O)NC(=O)O)cc2Cl)n[nH]c1=O. The molecule has 0 radical (unpaired) electrons. The Morgan fingerprint density at radius 3 is 2.47 bits per heavy atom. The van der Waals surface area contributed by atoms with E-state index < -0.39 is 17.7 Å². The van der Waals surface area contributed by atoms with Crippen molar-refractivity contribution >= 4 is 46.6 Å². The number of halogens is 2. The molecule has 156 valence electrons. The topological polar surface area (TPSA) is 160 Å². The molecule has 0 saturated carbocycles. The Labute approximate surface area is 180 Å². The molecular weight excluding hydrogens is 435 g/mol. The molecule has 4 N–H and O–H groups in total. The van der Waals surface area contributed by atoms with Crippen LogP contribution in [0.15, 0.2) is 28.1 Å². The summed E-state index contributed by atoms with van der Waals surface area (Å²) >= 11 is 12.6. The first-order valence-electron chi connectivity index (χ1n) is 8.46. The molecular formula is C18H16Cl2N6O4. The molecule has 2 rings (SSSR count). The number of nitriles is 1. The maximum absolute atomic E-state index is 11.8. The first-order chi connectivity index (χ1) is 14.1. The zero-order chi connectivity index (χ0) is 22.4. The second kappa shape index (κ2) is 9.87. The molecule has 0 unspecified atom stereocenters. The Bertz CT molecular complexity index is 1100. The highest BCUT2D eigenvalue weighted by Crippen LogP contribution is 2.31. The van der Waals surface area contributed by atoms with E-state index in [2.05, 4.69) is 20.7 Å². The van der Waals surface area contributed by atoms with Gasteiger partial charge in [-0.2, -0.15) is 15.5 Å². The molecule has 12 heteroatoms. The number of imide groups is 1. The Kier molecular flexibility index (Phi) is 7.52. The van der Waals surface area contributed by atoms with E-state index in [9.17, 15) is 14.4 Å². The van der Waals surface area contributed by atoms with Crippen molar-refractivity contribution in [3.05, 3.63) is 55.4 Å². The third-order valence-electron chi connectivity index (χ3n) is 3.84. The Morgan fingerprint density at radius 2 is 1.93 bits per heavy atom. The number of nitrogens with zero attached hydrogens (tertiary/aromatic N) is 3. The predicted octanol–water partition coefficient (Wildman–Crippen LogP) is 2.88. The van der Waals surface area contributed by atoms with E-state index in [0.717, 1.165) is 0 Å². The van der Waals surface area contributed by atoms with Crippen LogP contribution in [0.25, 0.3) is 0 Å². The maximum atomic E-state index is 11.8. The number of carbonyl (C=O) groups excluding carboxylic acids is 1. The van der Waals surface area contributed by atoms with Crippen LogP contribution < -0.4 is 16.3 Å². The fourth-order valence-corrected chi connectivity index (χ4v) is 3.03. The van der Waals surface area contributed by atoms with Crippen molar-refractivity contribution in [2.24, 2.45) is 5.10 Å². The second-order valence-electron chi connectivity index (χ2n) is 6.34. The average Bonchev–Trinajstić information content (AvgIpc) is 2.65. The molecule has 0 fully saturated rings. The number of anilines is 1. The van der Waals surface area contributed by atoms with Gasteiger partial charge in [0.2, 0.25) is 5.71 Å². The second-order valence-corrected chi connectivity index (χ2v) is 7.15. The molecule has 0 bridgehead atoms. The van der Waals surface area contributed by atoms with E-state index in [0.29, 0.717) is 16.8 Å². The number of rotatable bonds is 6. The summed E-state index contributed by atoms with van der Waals surface area (Å²) in [6.45, 7) is 3.78. The van der Waals surface area contributed by atoms with Crippen molar-refractivity contribution in [1.82, 2.24) is 15.5 Å². The number of aromatic amines is 1. The minimum Gasteiger partial charge on any atom is -0.465 e. The summed E-state index contributed by atoms with van der Waals surface area (Å²) in [7, 11) is 0. The van der Waals surface area contributed by atoms with E-state index >= 15 is 0 Å². The number of hydrogen-bond donors (Lipinski definition) is 4. The third kappa shape index (κ3) is 5.79. The molecule has 0 saturated heterocycles. The smallest absolute Gasteiger partial charge is 0.411 e. The Hall–Kier alpha value is -3.42. The lowest BCUT2D eigenvalue weighted by Gasteiger charge is -2.11. The molecule has 0 aliphatic heterocycles. The van der Waals surface area contributed by atoms with Crippen LogP contribution in [0.3, 0.4) is 0 Å². The minimum absolute atomic E-state index is 0.0125. The van der Waals surface area contributed by atoms with Gasteiger partial charge in [0.05, 0.1) is 11.4 Å². The number of nitrogens with one attached hydrogen (secondary N) is 3. The molecule has 10 nitrogen and oxygen atoms in total. The van der Waals surface area contributed by atoms with Gasteiger partial charge in [-0.25, -0.2) is 9.89 Å². The van der Waals surface area contributed by atoms with Crippen LogP contribution in [-0.2, 0) is 11.2 Å². The van der Waals surface area contributed by atoms with Crippen molar-refractivity contribution in [3.8, 4) is 6.07 Å². The van der Waals surface area contributed by atoms with Crippen LogP contribution >= 0.6 is 23.2 Å². The van der Waals surface area contributed by atoms with Crippen molar-refractivity contribution in [2.45, 2.75) is 26.2 Å². The lowest BCUT2D eigenvalue weighted by atomic mass is 10.0. The van der Waals surface area contributed by atoms with Gasteiger partial charge in [0.15, 0.2) is 0 Å². The molecule has 2 aromatic rings. The molecule has 2 amide bonds. The standard InChI is InChI=1S/C18H16Cl2N6O4/c1-8(2)11-3-9(24-26-16(11)27)4-12-13(19)5-10(6-14(12)20)23-25-15(7-21)17(28)22-18(29)30/h3,5-6,8,23H,4H2,1-2H3,(H,22,28)(H,26,27)(H,29,30)/b25-15-. The van der Waals surface area contributed by atoms with Gasteiger partial charge in [-0.05, 0) is 29.7 Å². The minimum atomic E-state index is -1.62. The number of hydrogen-bond acceptors (Lipinski definition) is 7. The van der Waals surface area contributed by atoms with Crippen LogP contribution in [-0.4, -0.2) is 33.0 Å². The fraction of sp³-hybridized carbons (Fsp3) is 0.222. The number of amides is 2. The van der Waals surface area contributed by atoms with Crippen molar-refractivity contribution in [2.75, 3.05) is 5.43 Å². The molecule has 0 aliphatic carbocycles. The number of carboxylic acid groups (broad SMARTS) is 1. The van der Waals surface area contributed by atoms with E-state index in [1.165, 1.54) is 23.5 Å². The average molecular weight is 451 g/mol. The highest BCUT2D eigenvalue weighted by molar-refractivity contribution is 6.46. The van der Waals surface area contributed by atoms with Gasteiger partial charge in [0.1, 0.15) is 6.07 Å². The van der Waals surface area contributed by atoms with E-state index in [4.69, 9.17) is 33.6 Å². The number of aromatic nitrogens is 2. The maximum Gasteiger partial charge on any atom is 0.411 e. The molecule has 1 aromatic carbocycles.